The molecular weight excluding hydrogens is 348 g/mol. The molecule has 1 atom stereocenters. The van der Waals surface area contributed by atoms with E-state index in [0.29, 0.717) is 22.8 Å². The van der Waals surface area contributed by atoms with Crippen molar-refractivity contribution in [3.63, 3.8) is 0 Å². The number of carbonyl (C=O) groups excluding carboxylic acids is 1. The molecule has 1 amide bonds. The third kappa shape index (κ3) is 2.92. The minimum absolute atomic E-state index is 0.0935. The lowest BCUT2D eigenvalue weighted by atomic mass is 9.89. The molecule has 26 heavy (non-hydrogen) atoms. The Morgan fingerprint density at radius 2 is 2.27 bits per heavy atom. The average molecular weight is 368 g/mol. The Balaban J connectivity index is 1.96. The first-order valence-corrected chi connectivity index (χ1v) is 9.61. The van der Waals surface area contributed by atoms with Crippen LogP contribution < -0.4 is 11.3 Å². The van der Waals surface area contributed by atoms with Crippen LogP contribution in [0.4, 0.5) is 0 Å². The zero-order chi connectivity index (χ0) is 18.3. The number of pyridine rings is 1. The first-order valence-electron chi connectivity index (χ1n) is 8.79. The maximum absolute atomic E-state index is 13.3. The van der Waals surface area contributed by atoms with Crippen LogP contribution in [0.25, 0.3) is 21.7 Å². The van der Waals surface area contributed by atoms with Crippen LogP contribution in [-0.2, 0) is 24.2 Å². The zero-order valence-corrected chi connectivity index (χ0v) is 15.4. The number of thiophene rings is 1. The molecule has 0 aromatic carbocycles. The van der Waals surface area contributed by atoms with E-state index >= 15 is 0 Å². The van der Waals surface area contributed by atoms with Crippen molar-refractivity contribution < 1.29 is 4.79 Å². The summed E-state index contributed by atoms with van der Waals surface area (Å²) in [5.41, 5.74) is 6.98. The van der Waals surface area contributed by atoms with Crippen molar-refractivity contribution in [3.05, 3.63) is 45.2 Å². The maximum Gasteiger partial charge on any atom is 0.262 e. The van der Waals surface area contributed by atoms with Gasteiger partial charge in [-0.1, -0.05) is 13.0 Å². The molecule has 134 valence electrons. The molecule has 0 spiro atoms. The van der Waals surface area contributed by atoms with E-state index in [-0.39, 0.29) is 18.5 Å². The molecule has 0 saturated carbocycles. The van der Waals surface area contributed by atoms with Crippen LogP contribution in [-0.4, -0.2) is 20.4 Å². The maximum atomic E-state index is 13.3. The quantitative estimate of drug-likeness (QED) is 0.766. The van der Waals surface area contributed by atoms with Crippen LogP contribution in [0.1, 0.15) is 30.2 Å². The second kappa shape index (κ2) is 6.64. The Kier molecular flexibility index (Phi) is 4.32. The highest BCUT2D eigenvalue weighted by Crippen LogP contribution is 2.36. The average Bonchev–Trinajstić information content (AvgIpc) is 2.98. The molecule has 0 aliphatic heterocycles. The van der Waals surface area contributed by atoms with Gasteiger partial charge >= 0.3 is 0 Å². The number of fused-ring (bicyclic) bond motifs is 3. The summed E-state index contributed by atoms with van der Waals surface area (Å²) >= 11 is 1.62. The van der Waals surface area contributed by atoms with Crippen LogP contribution in [0.15, 0.2) is 29.2 Å². The van der Waals surface area contributed by atoms with E-state index in [1.807, 2.05) is 18.2 Å². The fraction of sp³-hybridized carbons (Fsp3) is 0.368. The van der Waals surface area contributed by atoms with E-state index in [9.17, 15) is 9.59 Å². The number of rotatable bonds is 4. The van der Waals surface area contributed by atoms with Crippen LogP contribution >= 0.6 is 11.3 Å². The number of hydrogen-bond donors (Lipinski definition) is 1. The van der Waals surface area contributed by atoms with Gasteiger partial charge in [-0.3, -0.25) is 19.1 Å². The Labute approximate surface area is 154 Å². The molecule has 0 bridgehead atoms. The Bertz CT molecular complexity index is 1040. The van der Waals surface area contributed by atoms with Gasteiger partial charge in [-0.05, 0) is 42.9 Å². The van der Waals surface area contributed by atoms with Crippen LogP contribution in [0.3, 0.4) is 0 Å². The first kappa shape index (κ1) is 16.9. The molecule has 0 radical (unpaired) electrons. The van der Waals surface area contributed by atoms with E-state index in [2.05, 4.69) is 11.9 Å². The fourth-order valence-electron chi connectivity index (χ4n) is 3.54. The van der Waals surface area contributed by atoms with Crippen molar-refractivity contribution in [2.24, 2.45) is 11.7 Å². The summed E-state index contributed by atoms with van der Waals surface area (Å²) < 4.78 is 1.56. The van der Waals surface area contributed by atoms with Gasteiger partial charge in [-0.15, -0.1) is 11.3 Å². The predicted octanol–water partition coefficient (Wildman–Crippen LogP) is 2.52. The largest absolute Gasteiger partial charge is 0.370 e. The molecule has 3 aromatic heterocycles. The van der Waals surface area contributed by atoms with Gasteiger partial charge in [0.25, 0.3) is 5.56 Å². The minimum Gasteiger partial charge on any atom is -0.370 e. The molecular formula is C19H20N4O2S. The number of hydrogen-bond acceptors (Lipinski definition) is 5. The summed E-state index contributed by atoms with van der Waals surface area (Å²) in [7, 11) is 0. The van der Waals surface area contributed by atoms with Crippen LogP contribution in [0.2, 0.25) is 0 Å². The molecule has 0 fully saturated rings. The number of aryl methyl sites for hydroxylation is 1. The van der Waals surface area contributed by atoms with Crippen molar-refractivity contribution in [1.82, 2.24) is 14.5 Å². The van der Waals surface area contributed by atoms with Gasteiger partial charge in [0.1, 0.15) is 10.5 Å². The summed E-state index contributed by atoms with van der Waals surface area (Å²) in [5.74, 6) is 0.684. The smallest absolute Gasteiger partial charge is 0.262 e. The lowest BCUT2D eigenvalue weighted by molar-refractivity contribution is -0.118. The van der Waals surface area contributed by atoms with E-state index in [1.165, 1.54) is 4.88 Å². The van der Waals surface area contributed by atoms with E-state index < -0.39 is 5.91 Å². The highest BCUT2D eigenvalue weighted by molar-refractivity contribution is 7.18. The monoisotopic (exact) mass is 368 g/mol. The molecule has 0 saturated heterocycles. The van der Waals surface area contributed by atoms with Gasteiger partial charge in [-0.25, -0.2) is 4.98 Å². The lowest BCUT2D eigenvalue weighted by Gasteiger charge is -2.17. The number of nitrogens with zero attached hydrogens (tertiary/aromatic N) is 3. The summed E-state index contributed by atoms with van der Waals surface area (Å²) in [5, 5.41) is 0.709. The van der Waals surface area contributed by atoms with Gasteiger partial charge in [0.2, 0.25) is 5.91 Å². The molecule has 4 rings (SSSR count). The Morgan fingerprint density at radius 1 is 1.42 bits per heavy atom. The summed E-state index contributed by atoms with van der Waals surface area (Å²) in [4.78, 5) is 35.7. The molecule has 6 nitrogen and oxygen atoms in total. The number of primary amides is 1. The standard InChI is InChI=1S/C19H20N4O2S/c1-11-5-6-12-14(10-11)26-18-16(12)19(25)23(9-7-15(20)24)17(22-18)13-4-2-3-8-21-13/h2-4,8,11H,5-7,9-10H2,1H3,(H2,20,24). The summed E-state index contributed by atoms with van der Waals surface area (Å²) in [6, 6.07) is 5.50. The molecule has 7 heteroatoms. The number of nitrogens with two attached hydrogens (primary N) is 1. The first-order chi connectivity index (χ1) is 12.5. The highest BCUT2D eigenvalue weighted by Gasteiger charge is 2.25. The van der Waals surface area contributed by atoms with Crippen molar-refractivity contribution in [1.29, 1.82) is 0 Å². The van der Waals surface area contributed by atoms with Gasteiger partial charge in [0.05, 0.1) is 5.39 Å². The summed E-state index contributed by atoms with van der Waals surface area (Å²) in [6.07, 6.45) is 4.76. The van der Waals surface area contributed by atoms with Crippen molar-refractivity contribution in [2.75, 3.05) is 0 Å². The Hall–Kier alpha value is -2.54. The van der Waals surface area contributed by atoms with Gasteiger partial charge in [-0.2, -0.15) is 0 Å². The second-order valence-corrected chi connectivity index (χ2v) is 7.94. The van der Waals surface area contributed by atoms with Gasteiger partial charge in [0.15, 0.2) is 5.82 Å². The third-order valence-electron chi connectivity index (χ3n) is 4.89. The Morgan fingerprint density at radius 3 is 3.00 bits per heavy atom. The van der Waals surface area contributed by atoms with Crippen molar-refractivity contribution in [3.8, 4) is 11.5 Å². The van der Waals surface area contributed by atoms with E-state index in [1.54, 1.807) is 22.1 Å². The topological polar surface area (TPSA) is 90.9 Å². The van der Waals surface area contributed by atoms with Crippen LogP contribution in [0.5, 0.6) is 0 Å². The van der Waals surface area contributed by atoms with Gasteiger partial charge < -0.3 is 5.73 Å². The highest BCUT2D eigenvalue weighted by atomic mass is 32.1. The normalized spacial score (nSPS) is 16.6. The van der Waals surface area contributed by atoms with Crippen LogP contribution in [0, 0.1) is 5.92 Å². The molecule has 3 aromatic rings. The van der Waals surface area contributed by atoms with Crippen molar-refractivity contribution in [2.45, 2.75) is 39.2 Å². The van der Waals surface area contributed by atoms with E-state index in [4.69, 9.17) is 10.7 Å². The van der Waals surface area contributed by atoms with E-state index in [0.717, 1.165) is 29.7 Å². The fourth-order valence-corrected chi connectivity index (χ4v) is 4.92. The number of aromatic nitrogens is 3. The second-order valence-electron chi connectivity index (χ2n) is 6.86. The van der Waals surface area contributed by atoms with Crippen molar-refractivity contribution >= 4 is 27.5 Å². The predicted molar refractivity (Wildman–Crippen MR) is 102 cm³/mol. The number of carbonyl (C=O) groups is 1. The molecule has 1 unspecified atom stereocenters. The number of amides is 1. The van der Waals surface area contributed by atoms with Gasteiger partial charge in [0, 0.05) is 24.0 Å². The molecule has 3 heterocycles. The third-order valence-corrected chi connectivity index (χ3v) is 6.04. The molecule has 2 N–H and O–H groups in total. The SMILES string of the molecule is CC1CCc2c(sc3nc(-c4ccccn4)n(CCC(N)=O)c(=O)c23)C1. The molecule has 1 aliphatic carbocycles. The molecule has 1 aliphatic rings. The summed E-state index contributed by atoms with van der Waals surface area (Å²) in [6.45, 7) is 2.45. The zero-order valence-electron chi connectivity index (χ0n) is 14.6. The lowest BCUT2D eigenvalue weighted by Crippen LogP contribution is -2.26. The minimum atomic E-state index is -0.440.